The number of fused-ring (bicyclic) bond motifs is 1. The average molecular weight is 168 g/mol. The third-order valence-corrected chi connectivity index (χ3v) is 3.12. The van der Waals surface area contributed by atoms with Crippen molar-refractivity contribution in [2.24, 2.45) is 5.92 Å². The molecule has 0 aromatic carbocycles. The molecule has 3 heteroatoms. The highest BCUT2D eigenvalue weighted by molar-refractivity contribution is 5.48. The Balaban J connectivity index is 2.03. The third-order valence-electron chi connectivity index (χ3n) is 3.12. The van der Waals surface area contributed by atoms with Crippen molar-refractivity contribution in [1.82, 2.24) is 10.2 Å². The summed E-state index contributed by atoms with van der Waals surface area (Å²) in [5.74, 6) is 0.720. The van der Waals surface area contributed by atoms with Gasteiger partial charge in [-0.2, -0.15) is 0 Å². The highest BCUT2D eigenvalue weighted by atomic mass is 16.1. The average Bonchev–Trinajstić information content (AvgIpc) is 2.17. The maximum Gasteiger partial charge on any atom is 0.209 e. The molecule has 2 unspecified atom stereocenters. The number of carbonyl (C=O) groups excluding carboxylic acids is 1. The first-order valence-corrected chi connectivity index (χ1v) is 4.83. The van der Waals surface area contributed by atoms with E-state index in [2.05, 4.69) is 5.32 Å². The molecular weight excluding hydrogens is 152 g/mol. The minimum atomic E-state index is 0.539. The molecule has 0 radical (unpaired) electrons. The van der Waals surface area contributed by atoms with Gasteiger partial charge in [0, 0.05) is 12.6 Å². The molecule has 1 N–H and O–H groups in total. The van der Waals surface area contributed by atoms with Crippen LogP contribution in [0.3, 0.4) is 0 Å². The number of rotatable bonds is 1. The molecule has 0 aromatic heterocycles. The molecular formula is C9H16N2O. The number of nitrogens with zero attached hydrogens (tertiary/aromatic N) is 1. The lowest BCUT2D eigenvalue weighted by molar-refractivity contribution is -0.123. The van der Waals surface area contributed by atoms with E-state index in [0.717, 1.165) is 38.4 Å². The Morgan fingerprint density at radius 1 is 1.42 bits per heavy atom. The predicted molar refractivity (Wildman–Crippen MR) is 46.8 cm³/mol. The predicted octanol–water partition coefficient (Wildman–Crippen LogP) is 0.217. The van der Waals surface area contributed by atoms with Gasteiger partial charge in [0.2, 0.25) is 6.41 Å². The lowest BCUT2D eigenvalue weighted by atomic mass is 9.85. The van der Waals surface area contributed by atoms with Crippen LogP contribution >= 0.6 is 0 Å². The normalized spacial score (nSPS) is 35.8. The Labute approximate surface area is 73.1 Å². The van der Waals surface area contributed by atoms with E-state index in [-0.39, 0.29) is 0 Å². The van der Waals surface area contributed by atoms with Crippen LogP contribution in [0.15, 0.2) is 0 Å². The Kier molecular flexibility index (Phi) is 2.30. The lowest BCUT2D eigenvalue weighted by Gasteiger charge is -2.42. The van der Waals surface area contributed by atoms with E-state index in [4.69, 9.17) is 0 Å². The lowest BCUT2D eigenvalue weighted by Crippen LogP contribution is -2.52. The van der Waals surface area contributed by atoms with Gasteiger partial charge in [-0.3, -0.25) is 4.79 Å². The number of amides is 1. The number of hydrogen-bond donors (Lipinski definition) is 1. The number of nitrogens with one attached hydrogen (secondary N) is 1. The molecule has 0 bridgehead atoms. The van der Waals surface area contributed by atoms with Crippen LogP contribution in [0.1, 0.15) is 19.3 Å². The van der Waals surface area contributed by atoms with Crippen LogP contribution in [0.5, 0.6) is 0 Å². The molecule has 3 nitrogen and oxygen atoms in total. The van der Waals surface area contributed by atoms with E-state index in [1.54, 1.807) is 0 Å². The second-order valence-corrected chi connectivity index (χ2v) is 3.81. The van der Waals surface area contributed by atoms with Crippen molar-refractivity contribution in [2.75, 3.05) is 19.6 Å². The van der Waals surface area contributed by atoms with E-state index in [1.165, 1.54) is 12.8 Å². The molecule has 2 fully saturated rings. The van der Waals surface area contributed by atoms with Crippen molar-refractivity contribution >= 4 is 6.41 Å². The minimum absolute atomic E-state index is 0.539. The molecule has 0 saturated carbocycles. The van der Waals surface area contributed by atoms with Gasteiger partial charge in [0.15, 0.2) is 0 Å². The fourth-order valence-electron chi connectivity index (χ4n) is 2.47. The van der Waals surface area contributed by atoms with Gasteiger partial charge in [-0.05, 0) is 38.3 Å². The topological polar surface area (TPSA) is 32.3 Å². The molecule has 2 saturated heterocycles. The fraction of sp³-hybridized carbons (Fsp3) is 0.889. The number of likely N-dealkylation sites (tertiary alicyclic amines) is 1. The number of piperidine rings is 2. The van der Waals surface area contributed by atoms with Gasteiger partial charge in [0.1, 0.15) is 0 Å². The zero-order valence-corrected chi connectivity index (χ0v) is 7.33. The van der Waals surface area contributed by atoms with E-state index in [9.17, 15) is 4.79 Å². The summed E-state index contributed by atoms with van der Waals surface area (Å²) in [6.07, 6.45) is 4.65. The fourth-order valence-corrected chi connectivity index (χ4v) is 2.47. The number of carbonyl (C=O) groups is 1. The highest BCUT2D eigenvalue weighted by Gasteiger charge is 2.32. The van der Waals surface area contributed by atoms with Crippen LogP contribution in [0.25, 0.3) is 0 Å². The number of hydrogen-bond acceptors (Lipinski definition) is 2. The first-order valence-electron chi connectivity index (χ1n) is 4.83. The first-order chi connectivity index (χ1) is 5.92. The van der Waals surface area contributed by atoms with Crippen LogP contribution in [-0.4, -0.2) is 37.0 Å². The maximum absolute atomic E-state index is 10.7. The van der Waals surface area contributed by atoms with Crippen molar-refractivity contribution in [3.63, 3.8) is 0 Å². The Morgan fingerprint density at radius 3 is 3.17 bits per heavy atom. The van der Waals surface area contributed by atoms with Crippen LogP contribution in [0.4, 0.5) is 0 Å². The molecule has 2 atom stereocenters. The summed E-state index contributed by atoms with van der Waals surface area (Å²) in [4.78, 5) is 12.7. The zero-order valence-electron chi connectivity index (χ0n) is 7.33. The van der Waals surface area contributed by atoms with Crippen LogP contribution in [-0.2, 0) is 4.79 Å². The molecule has 68 valence electrons. The zero-order chi connectivity index (χ0) is 8.39. The van der Waals surface area contributed by atoms with Crippen LogP contribution < -0.4 is 5.32 Å². The van der Waals surface area contributed by atoms with Gasteiger partial charge < -0.3 is 10.2 Å². The standard InChI is InChI=1S/C9H16N2O/c12-7-11-5-1-2-8-6-10-4-3-9(8)11/h7-10H,1-6H2. The smallest absolute Gasteiger partial charge is 0.209 e. The molecule has 0 aliphatic carbocycles. The molecule has 2 aliphatic heterocycles. The largest absolute Gasteiger partial charge is 0.342 e. The summed E-state index contributed by atoms with van der Waals surface area (Å²) in [6.45, 7) is 3.16. The van der Waals surface area contributed by atoms with E-state index in [1.807, 2.05) is 4.90 Å². The molecule has 1 amide bonds. The van der Waals surface area contributed by atoms with E-state index in [0.29, 0.717) is 6.04 Å². The van der Waals surface area contributed by atoms with Gasteiger partial charge in [-0.1, -0.05) is 0 Å². The van der Waals surface area contributed by atoms with Gasteiger partial charge in [0.05, 0.1) is 0 Å². The van der Waals surface area contributed by atoms with E-state index >= 15 is 0 Å². The molecule has 0 spiro atoms. The van der Waals surface area contributed by atoms with E-state index < -0.39 is 0 Å². The van der Waals surface area contributed by atoms with Crippen LogP contribution in [0, 0.1) is 5.92 Å². The summed E-state index contributed by atoms with van der Waals surface area (Å²) in [7, 11) is 0. The van der Waals surface area contributed by atoms with Crippen molar-refractivity contribution in [1.29, 1.82) is 0 Å². The molecule has 2 aliphatic rings. The summed E-state index contributed by atoms with van der Waals surface area (Å²) in [5.41, 5.74) is 0. The monoisotopic (exact) mass is 168 g/mol. The summed E-state index contributed by atoms with van der Waals surface area (Å²) in [6, 6.07) is 0.539. The Bertz CT molecular complexity index is 170. The van der Waals surface area contributed by atoms with Crippen molar-refractivity contribution in [2.45, 2.75) is 25.3 Å². The molecule has 0 aromatic rings. The van der Waals surface area contributed by atoms with Crippen LogP contribution in [0.2, 0.25) is 0 Å². The summed E-state index contributed by atoms with van der Waals surface area (Å²) >= 11 is 0. The minimum Gasteiger partial charge on any atom is -0.342 e. The second kappa shape index (κ2) is 3.44. The first kappa shape index (κ1) is 8.05. The Hall–Kier alpha value is -0.570. The highest BCUT2D eigenvalue weighted by Crippen LogP contribution is 2.26. The molecule has 12 heavy (non-hydrogen) atoms. The van der Waals surface area contributed by atoms with Crippen molar-refractivity contribution < 1.29 is 4.79 Å². The summed E-state index contributed by atoms with van der Waals surface area (Å²) in [5, 5.41) is 3.39. The summed E-state index contributed by atoms with van der Waals surface area (Å²) < 4.78 is 0. The Morgan fingerprint density at radius 2 is 2.33 bits per heavy atom. The molecule has 2 heterocycles. The quantitative estimate of drug-likeness (QED) is 0.568. The van der Waals surface area contributed by atoms with Gasteiger partial charge in [-0.25, -0.2) is 0 Å². The van der Waals surface area contributed by atoms with Gasteiger partial charge in [-0.15, -0.1) is 0 Å². The van der Waals surface area contributed by atoms with Gasteiger partial charge in [0.25, 0.3) is 0 Å². The SMILES string of the molecule is O=CN1CCCC2CNCCC21. The van der Waals surface area contributed by atoms with Crippen molar-refractivity contribution in [3.05, 3.63) is 0 Å². The second-order valence-electron chi connectivity index (χ2n) is 3.81. The van der Waals surface area contributed by atoms with Gasteiger partial charge >= 0.3 is 0 Å². The van der Waals surface area contributed by atoms with Crippen molar-refractivity contribution in [3.8, 4) is 0 Å². The third kappa shape index (κ3) is 1.33. The molecule has 2 rings (SSSR count). The maximum atomic E-state index is 10.7.